The maximum absolute atomic E-state index is 12.6. The summed E-state index contributed by atoms with van der Waals surface area (Å²) >= 11 is 6.11. The van der Waals surface area contributed by atoms with Gasteiger partial charge >= 0.3 is 0 Å². The van der Waals surface area contributed by atoms with E-state index in [9.17, 15) is 9.90 Å². The van der Waals surface area contributed by atoms with Gasteiger partial charge in [0.2, 0.25) is 0 Å². The molecule has 19 heavy (non-hydrogen) atoms. The molecule has 4 nitrogen and oxygen atoms in total. The minimum Gasteiger partial charge on any atom is -0.399 e. The van der Waals surface area contributed by atoms with Gasteiger partial charge in [0.25, 0.3) is 5.91 Å². The highest BCUT2D eigenvalue weighted by atomic mass is 35.5. The topological polar surface area (TPSA) is 66.6 Å². The number of carbonyl (C=O) groups is 1. The van der Waals surface area contributed by atoms with Gasteiger partial charge in [0.15, 0.2) is 0 Å². The van der Waals surface area contributed by atoms with Crippen molar-refractivity contribution in [1.82, 2.24) is 4.90 Å². The number of aliphatic hydroxyl groups excluding tert-OH is 1. The summed E-state index contributed by atoms with van der Waals surface area (Å²) in [6.07, 6.45) is 3.02. The van der Waals surface area contributed by atoms with Crippen molar-refractivity contribution in [2.45, 2.75) is 43.9 Å². The van der Waals surface area contributed by atoms with Gasteiger partial charge in [0.05, 0.1) is 16.7 Å². The summed E-state index contributed by atoms with van der Waals surface area (Å²) in [4.78, 5) is 14.5. The molecule has 0 saturated carbocycles. The lowest BCUT2D eigenvalue weighted by Crippen LogP contribution is -2.48. The molecule has 0 spiro atoms. The summed E-state index contributed by atoms with van der Waals surface area (Å²) in [5.74, 6) is -0.0376. The second-order valence-corrected chi connectivity index (χ2v) is 5.87. The van der Waals surface area contributed by atoms with Crippen LogP contribution >= 0.6 is 11.6 Å². The highest BCUT2D eigenvalue weighted by molar-refractivity contribution is 6.34. The van der Waals surface area contributed by atoms with Crippen LogP contribution in [0.25, 0.3) is 0 Å². The Morgan fingerprint density at radius 3 is 2.53 bits per heavy atom. The number of hydrogen-bond donors (Lipinski definition) is 2. The van der Waals surface area contributed by atoms with Crippen LogP contribution in [0.15, 0.2) is 18.2 Å². The van der Waals surface area contributed by atoms with Crippen LogP contribution in [0, 0.1) is 0 Å². The number of rotatable bonds is 1. The van der Waals surface area contributed by atoms with Gasteiger partial charge in [-0.3, -0.25) is 4.79 Å². The molecule has 3 rings (SSSR count). The van der Waals surface area contributed by atoms with E-state index in [1.165, 1.54) is 0 Å². The Morgan fingerprint density at radius 1 is 1.32 bits per heavy atom. The largest absolute Gasteiger partial charge is 0.399 e. The predicted octanol–water partition coefficient (Wildman–Crippen LogP) is 2.05. The number of halogens is 1. The highest BCUT2D eigenvalue weighted by Gasteiger charge is 2.43. The predicted molar refractivity (Wildman–Crippen MR) is 74.1 cm³/mol. The number of aliphatic hydroxyl groups is 1. The first-order valence-corrected chi connectivity index (χ1v) is 7.00. The Bertz CT molecular complexity index is 506. The Balaban J connectivity index is 1.88. The molecule has 5 heteroatoms. The monoisotopic (exact) mass is 280 g/mol. The average Bonchev–Trinajstić information content (AvgIpc) is 2.61. The normalized spacial score (nSPS) is 29.6. The van der Waals surface area contributed by atoms with Crippen molar-refractivity contribution in [2.75, 3.05) is 5.73 Å². The van der Waals surface area contributed by atoms with Crippen molar-refractivity contribution in [2.24, 2.45) is 0 Å². The van der Waals surface area contributed by atoms with Gasteiger partial charge in [0.1, 0.15) is 0 Å². The summed E-state index contributed by atoms with van der Waals surface area (Å²) in [5.41, 5.74) is 6.71. The summed E-state index contributed by atoms with van der Waals surface area (Å²) in [6, 6.07) is 5.28. The molecule has 0 radical (unpaired) electrons. The van der Waals surface area contributed by atoms with E-state index in [1.807, 2.05) is 4.90 Å². The van der Waals surface area contributed by atoms with E-state index in [2.05, 4.69) is 0 Å². The van der Waals surface area contributed by atoms with Gasteiger partial charge in [-0.15, -0.1) is 0 Å². The number of nitrogens with two attached hydrogens (primary N) is 1. The zero-order valence-corrected chi connectivity index (χ0v) is 11.3. The first-order chi connectivity index (χ1) is 9.06. The van der Waals surface area contributed by atoms with E-state index in [-0.39, 0.29) is 24.1 Å². The zero-order chi connectivity index (χ0) is 13.6. The molecule has 1 aromatic rings. The minimum atomic E-state index is -0.275. The molecule has 0 aromatic heterocycles. The molecule has 0 aliphatic carbocycles. The molecule has 2 fully saturated rings. The molecule has 1 aromatic carbocycles. The van der Waals surface area contributed by atoms with E-state index in [1.54, 1.807) is 18.2 Å². The molecule has 2 saturated heterocycles. The molecule has 1 amide bonds. The number of benzene rings is 1. The van der Waals surface area contributed by atoms with Gasteiger partial charge < -0.3 is 15.7 Å². The van der Waals surface area contributed by atoms with Gasteiger partial charge in [-0.1, -0.05) is 11.6 Å². The van der Waals surface area contributed by atoms with Crippen LogP contribution in [0.2, 0.25) is 5.02 Å². The minimum absolute atomic E-state index is 0.0376. The Hall–Kier alpha value is -1.26. The third kappa shape index (κ3) is 2.19. The number of amides is 1. The molecule has 2 bridgehead atoms. The number of piperidine rings is 1. The van der Waals surface area contributed by atoms with Gasteiger partial charge in [-0.25, -0.2) is 0 Å². The number of fused-ring (bicyclic) bond motifs is 2. The fraction of sp³-hybridized carbons (Fsp3) is 0.500. The van der Waals surface area contributed by atoms with E-state index < -0.39 is 0 Å². The molecule has 2 atom stereocenters. The van der Waals surface area contributed by atoms with Crippen molar-refractivity contribution in [1.29, 1.82) is 0 Å². The quantitative estimate of drug-likeness (QED) is 0.774. The molecule has 2 heterocycles. The lowest BCUT2D eigenvalue weighted by atomic mass is 9.98. The van der Waals surface area contributed by atoms with Crippen LogP contribution in [0.3, 0.4) is 0 Å². The van der Waals surface area contributed by atoms with Crippen LogP contribution in [0.5, 0.6) is 0 Å². The Kier molecular flexibility index (Phi) is 3.15. The molecular weight excluding hydrogens is 264 g/mol. The maximum atomic E-state index is 12.6. The van der Waals surface area contributed by atoms with Crippen molar-refractivity contribution < 1.29 is 9.90 Å². The second kappa shape index (κ2) is 4.69. The molecule has 2 aliphatic heterocycles. The average molecular weight is 281 g/mol. The second-order valence-electron chi connectivity index (χ2n) is 5.46. The lowest BCUT2D eigenvalue weighted by molar-refractivity contribution is 0.0287. The smallest absolute Gasteiger partial charge is 0.255 e. The van der Waals surface area contributed by atoms with Crippen LogP contribution in [-0.2, 0) is 0 Å². The van der Waals surface area contributed by atoms with Crippen LogP contribution < -0.4 is 5.73 Å². The van der Waals surface area contributed by atoms with E-state index in [0.717, 1.165) is 12.8 Å². The highest BCUT2D eigenvalue weighted by Crippen LogP contribution is 2.37. The maximum Gasteiger partial charge on any atom is 0.255 e. The number of hydrogen-bond acceptors (Lipinski definition) is 3. The van der Waals surface area contributed by atoms with Crippen molar-refractivity contribution in [3.05, 3.63) is 28.8 Å². The summed E-state index contributed by atoms with van der Waals surface area (Å²) < 4.78 is 0. The summed E-state index contributed by atoms with van der Waals surface area (Å²) in [6.45, 7) is 0. The van der Waals surface area contributed by atoms with Gasteiger partial charge in [-0.2, -0.15) is 0 Å². The first-order valence-electron chi connectivity index (χ1n) is 6.62. The molecule has 3 N–H and O–H groups in total. The fourth-order valence-electron chi connectivity index (χ4n) is 3.32. The summed E-state index contributed by atoms with van der Waals surface area (Å²) in [7, 11) is 0. The third-order valence-corrected chi connectivity index (χ3v) is 4.48. The van der Waals surface area contributed by atoms with E-state index in [0.29, 0.717) is 29.1 Å². The van der Waals surface area contributed by atoms with E-state index >= 15 is 0 Å². The molecule has 2 aliphatic rings. The SMILES string of the molecule is Nc1ccc(C(=O)N2C3CCC2CC(O)C3)c(Cl)c1. The standard InChI is InChI=1S/C14H17ClN2O2/c15-13-5-8(16)1-4-12(13)14(19)17-9-2-3-10(17)7-11(18)6-9/h1,4-5,9-11,18H,2-3,6-7,16H2. The number of nitrogen functional groups attached to an aromatic ring is 1. The van der Waals surface area contributed by atoms with Crippen molar-refractivity contribution in [3.8, 4) is 0 Å². The number of nitrogens with zero attached hydrogens (tertiary/aromatic N) is 1. The Labute approximate surface area is 117 Å². The number of anilines is 1. The zero-order valence-electron chi connectivity index (χ0n) is 10.6. The van der Waals surface area contributed by atoms with Crippen LogP contribution in [0.4, 0.5) is 5.69 Å². The molecule has 2 unspecified atom stereocenters. The van der Waals surface area contributed by atoms with Gasteiger partial charge in [-0.05, 0) is 43.9 Å². The lowest BCUT2D eigenvalue weighted by Gasteiger charge is -2.37. The summed E-state index contributed by atoms with van der Waals surface area (Å²) in [5, 5.41) is 10.2. The van der Waals surface area contributed by atoms with Crippen LogP contribution in [-0.4, -0.2) is 34.1 Å². The Morgan fingerprint density at radius 2 is 1.95 bits per heavy atom. The number of carbonyl (C=O) groups excluding carboxylic acids is 1. The first kappa shape index (κ1) is 12.8. The van der Waals surface area contributed by atoms with Crippen molar-refractivity contribution >= 4 is 23.2 Å². The van der Waals surface area contributed by atoms with Gasteiger partial charge in [0, 0.05) is 17.8 Å². The fourth-order valence-corrected chi connectivity index (χ4v) is 3.59. The van der Waals surface area contributed by atoms with Crippen molar-refractivity contribution in [3.63, 3.8) is 0 Å². The van der Waals surface area contributed by atoms with E-state index in [4.69, 9.17) is 17.3 Å². The third-order valence-electron chi connectivity index (χ3n) is 4.17. The molecule has 102 valence electrons. The molecular formula is C14H17ClN2O2. The van der Waals surface area contributed by atoms with Crippen LogP contribution in [0.1, 0.15) is 36.0 Å².